The zero-order valence-corrected chi connectivity index (χ0v) is 19.0. The lowest BCUT2D eigenvalue weighted by atomic mass is 10.2. The van der Waals surface area contributed by atoms with Crippen LogP contribution >= 0.6 is 23.1 Å². The van der Waals surface area contributed by atoms with Crippen molar-refractivity contribution in [3.8, 4) is 6.07 Å². The number of H-pyrrole nitrogens is 1. The van der Waals surface area contributed by atoms with E-state index >= 15 is 0 Å². The summed E-state index contributed by atoms with van der Waals surface area (Å²) in [6.45, 7) is 6.33. The molecule has 31 heavy (non-hydrogen) atoms. The molecular weight excluding hydrogens is 437 g/mol. The summed E-state index contributed by atoms with van der Waals surface area (Å²) in [7, 11) is 0. The Hall–Kier alpha value is -2.90. The van der Waals surface area contributed by atoms with Crippen molar-refractivity contribution >= 4 is 44.9 Å². The number of benzene rings is 1. The standard InChI is InChI=1S/C21H22FN5O2S2/c1-11-12(2)31-21-18(11)20(29)26-17(27-21)10-30-13(3)19(28)25-8-7-24-16-6-4-5-15(22)14(16)9-23/h4-6,13,24H,7-8,10H2,1-3H3,(H,25,28)(H,26,27,29)/t13-/m1/s1. The molecule has 0 saturated heterocycles. The number of nitriles is 1. The molecule has 2 aromatic heterocycles. The number of nitrogens with one attached hydrogen (secondary N) is 3. The predicted octanol–water partition coefficient (Wildman–Crippen LogP) is 3.46. The summed E-state index contributed by atoms with van der Waals surface area (Å²) in [6, 6.07) is 6.18. The van der Waals surface area contributed by atoms with Crippen LogP contribution in [0, 0.1) is 31.0 Å². The van der Waals surface area contributed by atoms with Gasteiger partial charge in [0, 0.05) is 18.0 Å². The fraction of sp³-hybridized carbons (Fsp3) is 0.333. The molecule has 7 nitrogen and oxygen atoms in total. The first-order valence-electron chi connectivity index (χ1n) is 9.62. The number of hydrogen-bond acceptors (Lipinski definition) is 7. The van der Waals surface area contributed by atoms with E-state index in [1.54, 1.807) is 13.0 Å². The summed E-state index contributed by atoms with van der Waals surface area (Å²) in [5.74, 6) is 0.209. The van der Waals surface area contributed by atoms with Gasteiger partial charge in [-0.1, -0.05) is 6.07 Å². The smallest absolute Gasteiger partial charge is 0.259 e. The summed E-state index contributed by atoms with van der Waals surface area (Å²) in [4.78, 5) is 33.8. The number of rotatable bonds is 8. The Labute approximate surface area is 187 Å². The Morgan fingerprint density at radius 2 is 2.16 bits per heavy atom. The Bertz CT molecular complexity index is 1210. The summed E-state index contributed by atoms with van der Waals surface area (Å²) in [5, 5.41) is 15.1. The zero-order valence-electron chi connectivity index (χ0n) is 17.3. The molecule has 0 fully saturated rings. The minimum Gasteiger partial charge on any atom is -0.382 e. The minimum atomic E-state index is -0.584. The SMILES string of the molecule is Cc1sc2nc(CS[C@H](C)C(=O)NCCNc3cccc(F)c3C#N)[nH]c(=O)c2c1C. The van der Waals surface area contributed by atoms with Crippen molar-refractivity contribution in [2.75, 3.05) is 18.4 Å². The van der Waals surface area contributed by atoms with Crippen LogP contribution in [0.2, 0.25) is 0 Å². The highest BCUT2D eigenvalue weighted by atomic mass is 32.2. The van der Waals surface area contributed by atoms with Gasteiger partial charge in [0.2, 0.25) is 5.91 Å². The number of hydrogen-bond donors (Lipinski definition) is 3. The second kappa shape index (κ2) is 9.94. The number of aromatic nitrogens is 2. The van der Waals surface area contributed by atoms with E-state index in [0.29, 0.717) is 40.6 Å². The number of aryl methyl sites for hydroxylation is 2. The third kappa shape index (κ3) is 5.24. The molecule has 1 atom stereocenters. The van der Waals surface area contributed by atoms with Gasteiger partial charge in [0.1, 0.15) is 28.1 Å². The summed E-state index contributed by atoms with van der Waals surface area (Å²) in [5.41, 5.74) is 1.14. The van der Waals surface area contributed by atoms with E-state index in [-0.39, 0.29) is 22.3 Å². The van der Waals surface area contributed by atoms with Gasteiger partial charge in [0.25, 0.3) is 5.56 Å². The summed E-state index contributed by atoms with van der Waals surface area (Å²) < 4.78 is 13.6. The van der Waals surface area contributed by atoms with Crippen molar-refractivity contribution in [3.63, 3.8) is 0 Å². The van der Waals surface area contributed by atoms with Crippen molar-refractivity contribution in [1.82, 2.24) is 15.3 Å². The van der Waals surface area contributed by atoms with E-state index in [0.717, 1.165) is 10.4 Å². The lowest BCUT2D eigenvalue weighted by Crippen LogP contribution is -2.34. The van der Waals surface area contributed by atoms with Gasteiger partial charge in [-0.2, -0.15) is 5.26 Å². The molecule has 1 amide bonds. The van der Waals surface area contributed by atoms with Gasteiger partial charge in [-0.05, 0) is 38.5 Å². The molecule has 0 aliphatic rings. The molecule has 162 valence electrons. The number of nitrogens with zero attached hydrogens (tertiary/aromatic N) is 2. The summed E-state index contributed by atoms with van der Waals surface area (Å²) >= 11 is 2.87. The van der Waals surface area contributed by atoms with Crippen molar-refractivity contribution in [2.45, 2.75) is 31.8 Å². The van der Waals surface area contributed by atoms with Crippen molar-refractivity contribution < 1.29 is 9.18 Å². The second-order valence-corrected chi connectivity index (χ2v) is 9.45. The van der Waals surface area contributed by atoms with Crippen LogP contribution in [0.3, 0.4) is 0 Å². The highest BCUT2D eigenvalue weighted by molar-refractivity contribution is 7.99. The molecule has 0 aliphatic carbocycles. The Morgan fingerprint density at radius 1 is 1.39 bits per heavy atom. The molecule has 1 aromatic carbocycles. The third-order valence-electron chi connectivity index (χ3n) is 4.79. The second-order valence-electron chi connectivity index (χ2n) is 6.92. The van der Waals surface area contributed by atoms with Crippen LogP contribution in [0.15, 0.2) is 23.0 Å². The largest absolute Gasteiger partial charge is 0.382 e. The number of aromatic amines is 1. The van der Waals surface area contributed by atoms with Gasteiger partial charge in [-0.25, -0.2) is 9.37 Å². The average molecular weight is 460 g/mol. The molecule has 0 aliphatic heterocycles. The van der Waals surface area contributed by atoms with Crippen LogP contribution in [-0.2, 0) is 10.5 Å². The molecule has 3 aromatic rings. The molecule has 10 heteroatoms. The van der Waals surface area contributed by atoms with Crippen LogP contribution in [0.1, 0.15) is 28.8 Å². The van der Waals surface area contributed by atoms with Gasteiger partial charge < -0.3 is 15.6 Å². The van der Waals surface area contributed by atoms with Crippen LogP contribution in [0.5, 0.6) is 0 Å². The first kappa shape index (κ1) is 22.8. The molecule has 3 rings (SSSR count). The van der Waals surface area contributed by atoms with Gasteiger partial charge >= 0.3 is 0 Å². The van der Waals surface area contributed by atoms with E-state index in [9.17, 15) is 14.0 Å². The lowest BCUT2D eigenvalue weighted by Gasteiger charge is -2.13. The van der Waals surface area contributed by atoms with Crippen LogP contribution < -0.4 is 16.2 Å². The van der Waals surface area contributed by atoms with Gasteiger partial charge in [0.15, 0.2) is 0 Å². The first-order valence-corrected chi connectivity index (χ1v) is 11.5. The number of thioether (sulfide) groups is 1. The topological polar surface area (TPSA) is 111 Å². The highest BCUT2D eigenvalue weighted by Crippen LogP contribution is 2.26. The predicted molar refractivity (Wildman–Crippen MR) is 123 cm³/mol. The van der Waals surface area contributed by atoms with Crippen molar-refractivity contribution in [3.05, 3.63) is 56.2 Å². The normalized spacial score (nSPS) is 11.8. The third-order valence-corrected chi connectivity index (χ3v) is 7.05. The zero-order chi connectivity index (χ0) is 22.5. The van der Waals surface area contributed by atoms with E-state index in [4.69, 9.17) is 5.26 Å². The van der Waals surface area contributed by atoms with E-state index < -0.39 is 5.82 Å². The van der Waals surface area contributed by atoms with E-state index in [1.807, 2.05) is 19.9 Å². The quantitative estimate of drug-likeness (QED) is 0.445. The number of thiophene rings is 1. The highest BCUT2D eigenvalue weighted by Gasteiger charge is 2.16. The van der Waals surface area contributed by atoms with E-state index in [1.165, 1.54) is 35.2 Å². The molecular formula is C21H22FN5O2S2. The number of anilines is 1. The molecule has 3 N–H and O–H groups in total. The first-order chi connectivity index (χ1) is 14.8. The van der Waals surface area contributed by atoms with Gasteiger partial charge in [-0.15, -0.1) is 23.1 Å². The van der Waals surface area contributed by atoms with Crippen molar-refractivity contribution in [2.24, 2.45) is 0 Å². The molecule has 0 bridgehead atoms. The molecule has 0 unspecified atom stereocenters. The van der Waals surface area contributed by atoms with E-state index in [2.05, 4.69) is 20.6 Å². The Balaban J connectivity index is 1.49. The van der Waals surface area contributed by atoms with Crippen molar-refractivity contribution in [1.29, 1.82) is 5.26 Å². The fourth-order valence-electron chi connectivity index (χ4n) is 2.96. The maximum absolute atomic E-state index is 13.6. The molecule has 0 radical (unpaired) electrons. The molecule has 0 spiro atoms. The molecule has 2 heterocycles. The number of fused-ring (bicyclic) bond motifs is 1. The van der Waals surface area contributed by atoms with Gasteiger partial charge in [-0.3, -0.25) is 9.59 Å². The maximum Gasteiger partial charge on any atom is 0.259 e. The molecule has 0 saturated carbocycles. The van der Waals surface area contributed by atoms with Crippen LogP contribution in [0.25, 0.3) is 10.2 Å². The van der Waals surface area contributed by atoms with Crippen LogP contribution in [-0.4, -0.2) is 34.2 Å². The monoisotopic (exact) mass is 459 g/mol. The fourth-order valence-corrected chi connectivity index (χ4v) is 4.79. The maximum atomic E-state index is 13.6. The number of amides is 1. The average Bonchev–Trinajstić information content (AvgIpc) is 3.03. The number of carbonyl (C=O) groups is 1. The minimum absolute atomic E-state index is 0.0488. The number of halogens is 1. The number of carbonyl (C=O) groups excluding carboxylic acids is 1. The van der Waals surface area contributed by atoms with Crippen LogP contribution in [0.4, 0.5) is 10.1 Å². The Kier molecular flexibility index (Phi) is 7.30. The van der Waals surface area contributed by atoms with Gasteiger partial charge in [0.05, 0.1) is 22.1 Å². The summed E-state index contributed by atoms with van der Waals surface area (Å²) in [6.07, 6.45) is 0. The Morgan fingerprint density at radius 3 is 2.90 bits per heavy atom. The lowest BCUT2D eigenvalue weighted by molar-refractivity contribution is -0.120.